The number of amides is 2. The lowest BCUT2D eigenvalue weighted by Crippen LogP contribution is -2.37. The summed E-state index contributed by atoms with van der Waals surface area (Å²) in [6.07, 6.45) is 0.627. The van der Waals surface area contributed by atoms with Crippen LogP contribution in [0.5, 0.6) is 5.75 Å². The van der Waals surface area contributed by atoms with Crippen LogP contribution in [0, 0.1) is 0 Å². The third-order valence-corrected chi connectivity index (χ3v) is 5.68. The Morgan fingerprint density at radius 1 is 1.33 bits per heavy atom. The Balaban J connectivity index is 1.66. The molecule has 4 rings (SSSR count). The number of hydrogen-bond donors (Lipinski definition) is 1. The number of fused-ring (bicyclic) bond motifs is 1. The minimum atomic E-state index is -0.221. The number of thiazole rings is 1. The summed E-state index contributed by atoms with van der Waals surface area (Å²) in [6, 6.07) is 7.79. The topological polar surface area (TPSA) is 89.4 Å². The predicted molar refractivity (Wildman–Crippen MR) is 113 cm³/mol. The number of carbonyl (C=O) groups is 2. The van der Waals surface area contributed by atoms with E-state index < -0.39 is 0 Å². The summed E-state index contributed by atoms with van der Waals surface area (Å²) in [5, 5.41) is 9.20. The van der Waals surface area contributed by atoms with Gasteiger partial charge in [0, 0.05) is 36.1 Å². The number of methoxy groups -OCH3 is 1. The zero-order valence-corrected chi connectivity index (χ0v) is 17.7. The van der Waals surface area contributed by atoms with Crippen LogP contribution in [-0.4, -0.2) is 51.7 Å². The standard InChI is InChI=1S/C21H23N5O3S/c1-3-22-20(27)19-16-11-25(21(28)17-12-30-13-23-17)8-7-18(16)26(24-19)10-14-5-4-6-15(9-14)29-2/h4-6,9,12-13H,3,7-8,10-11H2,1-2H3,(H,22,27). The van der Waals surface area contributed by atoms with Crippen LogP contribution in [0.15, 0.2) is 35.2 Å². The Morgan fingerprint density at radius 3 is 2.93 bits per heavy atom. The second kappa shape index (κ2) is 8.66. The molecule has 0 radical (unpaired) electrons. The third-order valence-electron chi connectivity index (χ3n) is 5.09. The van der Waals surface area contributed by atoms with Gasteiger partial charge in [0.2, 0.25) is 0 Å². The molecule has 8 nitrogen and oxygen atoms in total. The lowest BCUT2D eigenvalue weighted by molar-refractivity contribution is 0.0725. The molecule has 0 saturated carbocycles. The van der Waals surface area contributed by atoms with E-state index in [4.69, 9.17) is 4.74 Å². The molecule has 0 unspecified atom stereocenters. The van der Waals surface area contributed by atoms with E-state index in [1.807, 2.05) is 35.9 Å². The number of nitrogens with one attached hydrogen (secondary N) is 1. The molecular formula is C21H23N5O3S. The molecule has 3 heterocycles. The summed E-state index contributed by atoms with van der Waals surface area (Å²) in [5.41, 5.74) is 5.29. The van der Waals surface area contributed by atoms with Crippen LogP contribution < -0.4 is 10.1 Å². The third kappa shape index (κ3) is 3.93. The van der Waals surface area contributed by atoms with E-state index in [0.717, 1.165) is 22.6 Å². The van der Waals surface area contributed by atoms with Crippen LogP contribution in [0.25, 0.3) is 0 Å². The molecule has 156 valence electrons. The fourth-order valence-corrected chi connectivity index (χ4v) is 4.17. The van der Waals surface area contributed by atoms with Crippen LogP contribution in [0.1, 0.15) is 44.7 Å². The molecule has 1 aliphatic heterocycles. The van der Waals surface area contributed by atoms with E-state index in [2.05, 4.69) is 15.4 Å². The van der Waals surface area contributed by atoms with Crippen molar-refractivity contribution < 1.29 is 14.3 Å². The fraction of sp³-hybridized carbons (Fsp3) is 0.333. The van der Waals surface area contributed by atoms with Gasteiger partial charge in [-0.05, 0) is 24.6 Å². The highest BCUT2D eigenvalue weighted by atomic mass is 32.1. The molecule has 0 spiro atoms. The summed E-state index contributed by atoms with van der Waals surface area (Å²) in [5.74, 6) is 0.433. The molecule has 2 amide bonds. The Hall–Kier alpha value is -3.20. The highest BCUT2D eigenvalue weighted by Gasteiger charge is 2.30. The number of nitrogens with zero attached hydrogens (tertiary/aromatic N) is 4. The Kier molecular flexibility index (Phi) is 5.80. The minimum absolute atomic E-state index is 0.121. The first kappa shape index (κ1) is 20.1. The molecule has 0 atom stereocenters. The SMILES string of the molecule is CCNC(=O)c1nn(Cc2cccc(OC)c2)c2c1CN(C(=O)c1cscn1)CC2. The molecule has 3 aromatic rings. The van der Waals surface area contributed by atoms with Gasteiger partial charge in [0.05, 0.1) is 25.7 Å². The van der Waals surface area contributed by atoms with E-state index in [1.165, 1.54) is 11.3 Å². The van der Waals surface area contributed by atoms with Crippen molar-refractivity contribution in [3.05, 3.63) is 63.4 Å². The zero-order valence-electron chi connectivity index (χ0n) is 16.9. The lowest BCUT2D eigenvalue weighted by atomic mass is 10.0. The van der Waals surface area contributed by atoms with E-state index in [9.17, 15) is 9.59 Å². The van der Waals surface area contributed by atoms with Crippen LogP contribution in [0.2, 0.25) is 0 Å². The van der Waals surface area contributed by atoms with Gasteiger partial charge in [-0.3, -0.25) is 14.3 Å². The number of rotatable bonds is 6. The summed E-state index contributed by atoms with van der Waals surface area (Å²) >= 11 is 1.39. The first-order chi connectivity index (χ1) is 14.6. The van der Waals surface area contributed by atoms with Gasteiger partial charge in [-0.25, -0.2) is 4.98 Å². The molecule has 30 heavy (non-hydrogen) atoms. The molecule has 0 bridgehead atoms. The first-order valence-corrected chi connectivity index (χ1v) is 10.7. The van der Waals surface area contributed by atoms with E-state index in [0.29, 0.717) is 44.0 Å². The molecule has 2 aromatic heterocycles. The maximum atomic E-state index is 12.8. The molecule has 1 aliphatic rings. The molecule has 0 saturated heterocycles. The number of carbonyl (C=O) groups excluding carboxylic acids is 2. The zero-order chi connectivity index (χ0) is 21.1. The van der Waals surface area contributed by atoms with Gasteiger partial charge in [-0.1, -0.05) is 12.1 Å². The van der Waals surface area contributed by atoms with Crippen molar-refractivity contribution in [2.24, 2.45) is 0 Å². The minimum Gasteiger partial charge on any atom is -0.497 e. The summed E-state index contributed by atoms with van der Waals surface area (Å²) < 4.78 is 7.19. The summed E-state index contributed by atoms with van der Waals surface area (Å²) in [4.78, 5) is 31.3. The number of hydrogen-bond acceptors (Lipinski definition) is 6. The molecule has 0 aliphatic carbocycles. The molecule has 0 fully saturated rings. The van der Waals surface area contributed by atoms with Crippen molar-refractivity contribution >= 4 is 23.2 Å². The molecule has 1 N–H and O–H groups in total. The molecule has 1 aromatic carbocycles. The summed E-state index contributed by atoms with van der Waals surface area (Å²) in [7, 11) is 1.63. The van der Waals surface area contributed by atoms with Gasteiger partial charge in [0.25, 0.3) is 11.8 Å². The molecule has 9 heteroatoms. The highest BCUT2D eigenvalue weighted by Crippen LogP contribution is 2.25. The van der Waals surface area contributed by atoms with E-state index >= 15 is 0 Å². The van der Waals surface area contributed by atoms with Crippen LogP contribution in [0.4, 0.5) is 0 Å². The fourth-order valence-electron chi connectivity index (χ4n) is 3.65. The smallest absolute Gasteiger partial charge is 0.273 e. The predicted octanol–water partition coefficient (Wildman–Crippen LogP) is 2.34. The van der Waals surface area contributed by atoms with Crippen LogP contribution >= 0.6 is 11.3 Å². The average Bonchev–Trinajstić information content (AvgIpc) is 3.42. The second-order valence-electron chi connectivity index (χ2n) is 6.99. The van der Waals surface area contributed by atoms with Crippen molar-refractivity contribution in [3.8, 4) is 5.75 Å². The number of ether oxygens (including phenoxy) is 1. The first-order valence-electron chi connectivity index (χ1n) is 9.77. The van der Waals surface area contributed by atoms with Gasteiger partial charge in [0.1, 0.15) is 11.4 Å². The Bertz CT molecular complexity index is 1060. The van der Waals surface area contributed by atoms with Gasteiger partial charge in [-0.2, -0.15) is 5.10 Å². The average molecular weight is 426 g/mol. The maximum absolute atomic E-state index is 12.8. The van der Waals surface area contributed by atoms with E-state index in [1.54, 1.807) is 22.9 Å². The number of aromatic nitrogens is 3. The lowest BCUT2D eigenvalue weighted by Gasteiger charge is -2.27. The van der Waals surface area contributed by atoms with Crippen molar-refractivity contribution in [3.63, 3.8) is 0 Å². The van der Waals surface area contributed by atoms with Gasteiger partial charge < -0.3 is 15.0 Å². The monoisotopic (exact) mass is 425 g/mol. The molecular weight excluding hydrogens is 402 g/mol. The van der Waals surface area contributed by atoms with Gasteiger partial charge >= 0.3 is 0 Å². The highest BCUT2D eigenvalue weighted by molar-refractivity contribution is 7.07. The largest absolute Gasteiger partial charge is 0.497 e. The number of benzene rings is 1. The van der Waals surface area contributed by atoms with Crippen LogP contribution in [0.3, 0.4) is 0 Å². The Morgan fingerprint density at radius 2 is 2.20 bits per heavy atom. The second-order valence-corrected chi connectivity index (χ2v) is 7.71. The van der Waals surface area contributed by atoms with Crippen molar-refractivity contribution in [2.45, 2.75) is 26.4 Å². The summed E-state index contributed by atoms with van der Waals surface area (Å²) in [6.45, 7) is 3.81. The van der Waals surface area contributed by atoms with Gasteiger partial charge in [0.15, 0.2) is 5.69 Å². The Labute approximate surface area is 178 Å². The van der Waals surface area contributed by atoms with Crippen molar-refractivity contribution in [1.29, 1.82) is 0 Å². The maximum Gasteiger partial charge on any atom is 0.273 e. The quantitative estimate of drug-likeness (QED) is 0.655. The normalized spacial score (nSPS) is 13.1. The van der Waals surface area contributed by atoms with Crippen molar-refractivity contribution in [2.75, 3.05) is 20.2 Å². The van der Waals surface area contributed by atoms with Gasteiger partial charge in [-0.15, -0.1) is 11.3 Å². The van der Waals surface area contributed by atoms with E-state index in [-0.39, 0.29) is 11.8 Å². The van der Waals surface area contributed by atoms with Crippen molar-refractivity contribution in [1.82, 2.24) is 25.0 Å². The van der Waals surface area contributed by atoms with Crippen LogP contribution in [-0.2, 0) is 19.5 Å².